The molecule has 102 valence electrons. The van der Waals surface area contributed by atoms with E-state index in [-0.39, 0.29) is 0 Å². The Morgan fingerprint density at radius 2 is 2.10 bits per heavy atom. The number of benzene rings is 1. The van der Waals surface area contributed by atoms with E-state index in [1.54, 1.807) is 13.3 Å². The second-order valence-corrected chi connectivity index (χ2v) is 4.66. The molecule has 0 aliphatic rings. The van der Waals surface area contributed by atoms with Crippen LogP contribution in [0.1, 0.15) is 11.5 Å². The molecule has 0 unspecified atom stereocenters. The highest BCUT2D eigenvalue weighted by Gasteiger charge is 2.13. The van der Waals surface area contributed by atoms with Crippen molar-refractivity contribution in [3.05, 3.63) is 54.1 Å². The van der Waals surface area contributed by atoms with Gasteiger partial charge in [-0.3, -0.25) is 4.98 Å². The number of hydrogen-bond donors (Lipinski definition) is 0. The maximum Gasteiger partial charge on any atom is 0.146 e. The lowest BCUT2D eigenvalue weighted by Gasteiger charge is -2.07. The topological polar surface area (TPSA) is 39.9 Å². The van der Waals surface area contributed by atoms with Gasteiger partial charge in [0.2, 0.25) is 0 Å². The predicted molar refractivity (Wildman–Crippen MR) is 79.2 cm³/mol. The molecule has 5 heteroatoms. The van der Waals surface area contributed by atoms with Crippen molar-refractivity contribution in [1.29, 1.82) is 0 Å². The molecular weight excluding hydrogens is 274 g/mol. The Bertz CT molecular complexity index is 725. The highest BCUT2D eigenvalue weighted by Crippen LogP contribution is 2.26. The molecule has 0 saturated carbocycles. The van der Waals surface area contributed by atoms with Gasteiger partial charge in [0.05, 0.1) is 30.7 Å². The highest BCUT2D eigenvalue weighted by molar-refractivity contribution is 6.16. The number of methoxy groups -OCH3 is 1. The van der Waals surface area contributed by atoms with Crippen LogP contribution >= 0.6 is 11.6 Å². The number of nitrogens with zero attached hydrogens (tertiary/aromatic N) is 3. The summed E-state index contributed by atoms with van der Waals surface area (Å²) in [7, 11) is 1.65. The summed E-state index contributed by atoms with van der Waals surface area (Å²) in [6.07, 6.45) is 1.79. The van der Waals surface area contributed by atoms with Gasteiger partial charge in [-0.1, -0.05) is 12.1 Å². The van der Waals surface area contributed by atoms with Gasteiger partial charge in [-0.05, 0) is 24.3 Å². The molecule has 2 aromatic heterocycles. The number of fused-ring (bicyclic) bond motifs is 1. The second kappa shape index (κ2) is 5.51. The number of aromatic nitrogens is 3. The average Bonchev–Trinajstić information content (AvgIpc) is 2.86. The minimum absolute atomic E-state index is 0.352. The Hall–Kier alpha value is -2.07. The third kappa shape index (κ3) is 2.23. The van der Waals surface area contributed by atoms with Crippen molar-refractivity contribution in [2.24, 2.45) is 0 Å². The van der Waals surface area contributed by atoms with Crippen LogP contribution in [0.15, 0.2) is 42.6 Å². The number of alkyl halides is 1. The summed E-state index contributed by atoms with van der Waals surface area (Å²) in [6, 6.07) is 11.7. The molecule has 0 amide bonds. The van der Waals surface area contributed by atoms with Gasteiger partial charge in [-0.25, -0.2) is 4.98 Å². The van der Waals surface area contributed by atoms with Gasteiger partial charge < -0.3 is 9.30 Å². The van der Waals surface area contributed by atoms with Crippen molar-refractivity contribution in [1.82, 2.24) is 14.5 Å². The summed E-state index contributed by atoms with van der Waals surface area (Å²) in [6.45, 7) is 0.645. The Kier molecular flexibility index (Phi) is 3.56. The second-order valence-electron chi connectivity index (χ2n) is 4.40. The third-order valence-electron chi connectivity index (χ3n) is 3.21. The first-order valence-electron chi connectivity index (χ1n) is 6.31. The maximum atomic E-state index is 6.02. The van der Waals surface area contributed by atoms with Crippen LogP contribution in [-0.4, -0.2) is 21.6 Å². The van der Waals surface area contributed by atoms with E-state index in [4.69, 9.17) is 16.3 Å². The lowest BCUT2D eigenvalue weighted by Crippen LogP contribution is -2.05. The van der Waals surface area contributed by atoms with Crippen LogP contribution in [0.3, 0.4) is 0 Å². The first kappa shape index (κ1) is 12.9. The summed E-state index contributed by atoms with van der Waals surface area (Å²) >= 11 is 6.02. The average molecular weight is 288 g/mol. The number of imidazole rings is 1. The van der Waals surface area contributed by atoms with Crippen LogP contribution in [0, 0.1) is 0 Å². The Morgan fingerprint density at radius 3 is 2.80 bits per heavy atom. The standard InChI is InChI=1S/C15H14ClN3O/c1-20-13-7-4-6-12-15(13)18-14(9-16)19(12)10-11-5-2-3-8-17-11/h2-8H,9-10H2,1H3. The molecule has 0 aliphatic carbocycles. The zero-order chi connectivity index (χ0) is 13.9. The third-order valence-corrected chi connectivity index (χ3v) is 3.45. The predicted octanol–water partition coefficient (Wildman–Crippen LogP) is 3.23. The van der Waals surface area contributed by atoms with Gasteiger partial charge in [0.15, 0.2) is 0 Å². The Balaban J connectivity index is 2.13. The summed E-state index contributed by atoms with van der Waals surface area (Å²) in [4.78, 5) is 8.93. The minimum atomic E-state index is 0.352. The van der Waals surface area contributed by atoms with Crippen molar-refractivity contribution in [3.63, 3.8) is 0 Å². The van der Waals surface area contributed by atoms with Crippen LogP contribution in [-0.2, 0) is 12.4 Å². The first-order valence-corrected chi connectivity index (χ1v) is 6.85. The van der Waals surface area contributed by atoms with Crippen LogP contribution in [0.4, 0.5) is 0 Å². The molecule has 20 heavy (non-hydrogen) atoms. The minimum Gasteiger partial charge on any atom is -0.494 e. The fraction of sp³-hybridized carbons (Fsp3) is 0.200. The van der Waals surface area contributed by atoms with E-state index in [2.05, 4.69) is 14.5 Å². The van der Waals surface area contributed by atoms with Gasteiger partial charge in [-0.15, -0.1) is 11.6 Å². The molecule has 0 fully saturated rings. The number of hydrogen-bond acceptors (Lipinski definition) is 3. The summed E-state index contributed by atoms with van der Waals surface area (Å²) in [5, 5.41) is 0. The molecule has 4 nitrogen and oxygen atoms in total. The van der Waals surface area contributed by atoms with Gasteiger partial charge in [0, 0.05) is 6.20 Å². The Labute approximate surface area is 122 Å². The van der Waals surface area contributed by atoms with Crippen molar-refractivity contribution >= 4 is 22.6 Å². The summed E-state index contributed by atoms with van der Waals surface area (Å²) in [5.41, 5.74) is 2.81. The van der Waals surface area contributed by atoms with Crippen molar-refractivity contribution in [3.8, 4) is 5.75 Å². The first-order chi connectivity index (χ1) is 9.83. The Morgan fingerprint density at radius 1 is 1.20 bits per heavy atom. The van der Waals surface area contributed by atoms with Gasteiger partial charge >= 0.3 is 0 Å². The van der Waals surface area contributed by atoms with Crippen molar-refractivity contribution < 1.29 is 4.74 Å². The molecule has 0 radical (unpaired) electrons. The van der Waals surface area contributed by atoms with Gasteiger partial charge in [-0.2, -0.15) is 0 Å². The maximum absolute atomic E-state index is 6.02. The van der Waals surface area contributed by atoms with Crippen LogP contribution in [0.25, 0.3) is 11.0 Å². The monoisotopic (exact) mass is 287 g/mol. The van der Waals surface area contributed by atoms with E-state index in [9.17, 15) is 0 Å². The van der Waals surface area contributed by atoms with Gasteiger partial charge in [0.1, 0.15) is 17.1 Å². The normalized spacial score (nSPS) is 10.9. The smallest absolute Gasteiger partial charge is 0.146 e. The number of rotatable bonds is 4. The van der Waals surface area contributed by atoms with E-state index in [0.717, 1.165) is 28.3 Å². The highest BCUT2D eigenvalue weighted by atomic mass is 35.5. The lowest BCUT2D eigenvalue weighted by molar-refractivity contribution is 0.419. The van der Waals surface area contributed by atoms with Gasteiger partial charge in [0.25, 0.3) is 0 Å². The molecule has 3 rings (SSSR count). The molecule has 0 saturated heterocycles. The fourth-order valence-corrected chi connectivity index (χ4v) is 2.47. The van der Waals surface area contributed by atoms with E-state index in [1.165, 1.54) is 0 Å². The van der Waals surface area contributed by atoms with E-state index in [1.807, 2.05) is 36.4 Å². The number of ether oxygens (including phenoxy) is 1. The zero-order valence-corrected chi connectivity index (χ0v) is 11.8. The molecule has 0 N–H and O–H groups in total. The molecular formula is C15H14ClN3O. The number of pyridine rings is 1. The summed E-state index contributed by atoms with van der Waals surface area (Å²) < 4.78 is 7.43. The van der Waals surface area contributed by atoms with E-state index < -0.39 is 0 Å². The fourth-order valence-electron chi connectivity index (χ4n) is 2.27. The molecule has 0 atom stereocenters. The summed E-state index contributed by atoms with van der Waals surface area (Å²) in [5.74, 6) is 1.93. The van der Waals surface area contributed by atoms with Crippen LogP contribution in [0.5, 0.6) is 5.75 Å². The van der Waals surface area contributed by atoms with Crippen molar-refractivity contribution in [2.45, 2.75) is 12.4 Å². The van der Waals surface area contributed by atoms with Crippen LogP contribution in [0.2, 0.25) is 0 Å². The molecule has 0 aliphatic heterocycles. The quantitative estimate of drug-likeness (QED) is 0.692. The van der Waals surface area contributed by atoms with E-state index >= 15 is 0 Å². The molecule has 0 spiro atoms. The lowest BCUT2D eigenvalue weighted by atomic mass is 10.3. The van der Waals surface area contributed by atoms with Crippen molar-refractivity contribution in [2.75, 3.05) is 7.11 Å². The molecule has 1 aromatic carbocycles. The number of para-hydroxylation sites is 1. The zero-order valence-electron chi connectivity index (χ0n) is 11.1. The largest absolute Gasteiger partial charge is 0.494 e. The molecule has 3 aromatic rings. The van der Waals surface area contributed by atoms with E-state index in [0.29, 0.717) is 12.4 Å². The molecule has 2 heterocycles. The molecule has 0 bridgehead atoms. The number of halogens is 1. The SMILES string of the molecule is COc1cccc2c1nc(CCl)n2Cc1ccccn1. The van der Waals surface area contributed by atoms with Crippen LogP contribution < -0.4 is 4.74 Å².